The number of nitrogens with zero attached hydrogens (tertiary/aromatic N) is 2. The highest BCUT2D eigenvalue weighted by Crippen LogP contribution is 2.20. The van der Waals surface area contributed by atoms with Gasteiger partial charge in [-0.1, -0.05) is 0 Å². The van der Waals surface area contributed by atoms with Crippen molar-refractivity contribution in [3.05, 3.63) is 24.0 Å². The summed E-state index contributed by atoms with van der Waals surface area (Å²) in [5.41, 5.74) is 1.91. The first-order valence-corrected chi connectivity index (χ1v) is 5.87. The number of aryl methyl sites for hydroxylation is 1. The van der Waals surface area contributed by atoms with E-state index in [0.29, 0.717) is 0 Å². The second kappa shape index (κ2) is 4.68. The lowest BCUT2D eigenvalue weighted by atomic mass is 10.3. The molecule has 0 amide bonds. The first-order valence-electron chi connectivity index (χ1n) is 5.87. The number of imidazole rings is 1. The van der Waals surface area contributed by atoms with Crippen molar-refractivity contribution in [2.75, 3.05) is 7.11 Å². The van der Waals surface area contributed by atoms with Crippen LogP contribution >= 0.6 is 0 Å². The normalized spacial score (nSPS) is 10.8. The van der Waals surface area contributed by atoms with Crippen molar-refractivity contribution >= 4 is 17.0 Å². The molecule has 0 saturated carbocycles. The molecule has 1 N–H and O–H groups in total. The molecule has 18 heavy (non-hydrogen) atoms. The van der Waals surface area contributed by atoms with Gasteiger partial charge < -0.3 is 9.84 Å². The highest BCUT2D eigenvalue weighted by atomic mass is 16.5. The summed E-state index contributed by atoms with van der Waals surface area (Å²) < 4.78 is 9.10. The first-order chi connectivity index (χ1) is 8.58. The summed E-state index contributed by atoms with van der Waals surface area (Å²) in [7, 11) is 1.62. The molecule has 0 saturated heterocycles. The Kier molecular flexibility index (Phi) is 3.23. The highest BCUT2D eigenvalue weighted by Gasteiger charge is 2.22. The van der Waals surface area contributed by atoms with Crippen LogP contribution in [0.2, 0.25) is 0 Å². The zero-order chi connectivity index (χ0) is 13.3. The van der Waals surface area contributed by atoms with Crippen molar-refractivity contribution in [2.45, 2.75) is 26.9 Å². The van der Waals surface area contributed by atoms with Crippen LogP contribution < -0.4 is 9.30 Å². The van der Waals surface area contributed by atoms with Gasteiger partial charge in [0.2, 0.25) is 0 Å². The lowest BCUT2D eigenvalue weighted by Crippen LogP contribution is -2.40. The van der Waals surface area contributed by atoms with Crippen LogP contribution in [0.15, 0.2) is 18.2 Å². The van der Waals surface area contributed by atoms with Crippen LogP contribution in [-0.2, 0) is 17.9 Å². The van der Waals surface area contributed by atoms with E-state index >= 15 is 0 Å². The molecule has 2 rings (SSSR count). The van der Waals surface area contributed by atoms with E-state index in [-0.39, 0.29) is 6.54 Å². The summed E-state index contributed by atoms with van der Waals surface area (Å²) in [6.45, 7) is 4.74. The van der Waals surface area contributed by atoms with E-state index in [9.17, 15) is 4.79 Å². The number of ether oxygens (including phenoxy) is 1. The van der Waals surface area contributed by atoms with E-state index < -0.39 is 5.97 Å². The number of aromatic nitrogens is 2. The fraction of sp³-hybridized carbons (Fsp3) is 0.385. The van der Waals surface area contributed by atoms with Gasteiger partial charge in [0.25, 0.3) is 5.82 Å². The molecule has 1 aromatic heterocycles. The van der Waals surface area contributed by atoms with Gasteiger partial charge in [0.15, 0.2) is 17.6 Å². The zero-order valence-electron chi connectivity index (χ0n) is 10.8. The molecule has 2 aromatic rings. The van der Waals surface area contributed by atoms with Gasteiger partial charge in [-0.3, -0.25) is 0 Å². The maximum atomic E-state index is 10.9. The van der Waals surface area contributed by atoms with Crippen LogP contribution in [0.3, 0.4) is 0 Å². The van der Waals surface area contributed by atoms with E-state index in [4.69, 9.17) is 9.84 Å². The van der Waals surface area contributed by atoms with Gasteiger partial charge >= 0.3 is 5.97 Å². The fourth-order valence-corrected chi connectivity index (χ4v) is 2.30. The Bertz CT molecular complexity index is 602. The number of hydrogen-bond acceptors (Lipinski definition) is 2. The number of methoxy groups -OCH3 is 1. The Morgan fingerprint density at radius 3 is 2.78 bits per heavy atom. The molecule has 0 atom stereocenters. The quantitative estimate of drug-likeness (QED) is 0.832. The molecule has 0 bridgehead atoms. The number of carbonyl (C=O) groups is 1. The molecule has 0 aliphatic carbocycles. The predicted octanol–water partition coefficient (Wildman–Crippen LogP) is 1.35. The molecule has 0 aliphatic rings. The second-order valence-electron chi connectivity index (χ2n) is 4.13. The van der Waals surface area contributed by atoms with Crippen molar-refractivity contribution in [3.8, 4) is 5.75 Å². The minimum atomic E-state index is -0.839. The smallest absolute Gasteiger partial charge is 0.346 e. The average Bonchev–Trinajstić information content (AvgIpc) is 2.61. The summed E-state index contributed by atoms with van der Waals surface area (Å²) in [5, 5.41) is 8.98. The van der Waals surface area contributed by atoms with Crippen LogP contribution in [0.1, 0.15) is 12.7 Å². The number of hydrogen-bond donors (Lipinski definition) is 1. The Hall–Kier alpha value is -2.04. The monoisotopic (exact) mass is 249 g/mol. The van der Waals surface area contributed by atoms with Crippen LogP contribution in [-0.4, -0.2) is 22.8 Å². The van der Waals surface area contributed by atoms with Crippen LogP contribution in [0, 0.1) is 6.92 Å². The van der Waals surface area contributed by atoms with Crippen LogP contribution in [0.4, 0.5) is 0 Å². The molecular formula is C13H17N2O3+. The second-order valence-corrected chi connectivity index (χ2v) is 4.13. The Morgan fingerprint density at radius 2 is 2.22 bits per heavy atom. The van der Waals surface area contributed by atoms with Crippen molar-refractivity contribution in [2.24, 2.45) is 0 Å². The number of benzene rings is 1. The zero-order valence-corrected chi connectivity index (χ0v) is 10.8. The van der Waals surface area contributed by atoms with E-state index in [1.165, 1.54) is 0 Å². The maximum Gasteiger partial charge on any atom is 0.346 e. The van der Waals surface area contributed by atoms with Crippen LogP contribution in [0.5, 0.6) is 5.75 Å². The van der Waals surface area contributed by atoms with Gasteiger partial charge in [-0.2, -0.15) is 0 Å². The molecule has 5 nitrogen and oxygen atoms in total. The molecule has 96 valence electrons. The lowest BCUT2D eigenvalue weighted by Gasteiger charge is -1.98. The number of carboxylic acid groups (broad SMARTS) is 1. The molecular weight excluding hydrogens is 232 g/mol. The Labute approximate surface area is 105 Å². The van der Waals surface area contributed by atoms with Gasteiger partial charge in [-0.15, -0.1) is 0 Å². The topological polar surface area (TPSA) is 55.3 Å². The summed E-state index contributed by atoms with van der Waals surface area (Å²) in [4.78, 5) is 10.9. The van der Waals surface area contributed by atoms with Crippen molar-refractivity contribution in [3.63, 3.8) is 0 Å². The van der Waals surface area contributed by atoms with Gasteiger partial charge in [-0.25, -0.2) is 13.9 Å². The molecule has 0 spiro atoms. The summed E-state index contributed by atoms with van der Waals surface area (Å²) in [5.74, 6) is 0.870. The van der Waals surface area contributed by atoms with Gasteiger partial charge in [0, 0.05) is 13.0 Å². The lowest BCUT2D eigenvalue weighted by molar-refractivity contribution is -0.667. The predicted molar refractivity (Wildman–Crippen MR) is 66.7 cm³/mol. The van der Waals surface area contributed by atoms with Gasteiger partial charge in [-0.05, 0) is 19.1 Å². The first kappa shape index (κ1) is 12.4. The van der Waals surface area contributed by atoms with E-state index in [1.807, 2.05) is 32.0 Å². The third-order valence-electron chi connectivity index (χ3n) is 3.16. The van der Waals surface area contributed by atoms with Crippen molar-refractivity contribution in [1.82, 2.24) is 4.57 Å². The standard InChI is InChI=1S/C13H16N2O3/c1-4-14-9(2)15(8-13(16)17)11-6-5-10(18-3)7-12(11)14/h5-7H,4,8H2,1-3H3/p+1. The third kappa shape index (κ3) is 1.92. The number of fused-ring (bicyclic) bond motifs is 1. The Morgan fingerprint density at radius 1 is 1.50 bits per heavy atom. The SMILES string of the molecule is CCn1c(C)[n+](CC(=O)O)c2ccc(OC)cc21. The summed E-state index contributed by atoms with van der Waals surface area (Å²) >= 11 is 0. The number of carboxylic acids is 1. The molecule has 0 unspecified atom stereocenters. The summed E-state index contributed by atoms with van der Waals surface area (Å²) in [6.07, 6.45) is 0. The molecule has 5 heteroatoms. The van der Waals surface area contributed by atoms with Gasteiger partial charge in [0.1, 0.15) is 5.75 Å². The molecule has 0 radical (unpaired) electrons. The highest BCUT2D eigenvalue weighted by molar-refractivity contribution is 5.75. The third-order valence-corrected chi connectivity index (χ3v) is 3.16. The minimum absolute atomic E-state index is 0.0261. The Balaban J connectivity index is 2.71. The maximum absolute atomic E-state index is 10.9. The number of aliphatic carboxylic acids is 1. The summed E-state index contributed by atoms with van der Waals surface area (Å²) in [6, 6.07) is 5.68. The van der Waals surface area contributed by atoms with E-state index in [2.05, 4.69) is 4.57 Å². The molecule has 0 fully saturated rings. The molecule has 1 aromatic carbocycles. The van der Waals surface area contributed by atoms with E-state index in [1.54, 1.807) is 11.7 Å². The largest absolute Gasteiger partial charge is 0.497 e. The molecule has 0 aliphatic heterocycles. The molecule has 1 heterocycles. The van der Waals surface area contributed by atoms with Gasteiger partial charge in [0.05, 0.1) is 13.7 Å². The average molecular weight is 249 g/mol. The van der Waals surface area contributed by atoms with Crippen LogP contribution in [0.25, 0.3) is 11.0 Å². The van der Waals surface area contributed by atoms with Crippen molar-refractivity contribution < 1.29 is 19.2 Å². The fourth-order valence-electron chi connectivity index (χ4n) is 2.30. The minimum Gasteiger partial charge on any atom is -0.497 e. The van der Waals surface area contributed by atoms with E-state index in [0.717, 1.165) is 29.2 Å². The number of rotatable bonds is 4. The van der Waals surface area contributed by atoms with Crippen molar-refractivity contribution in [1.29, 1.82) is 0 Å².